The number of carbonyl (C=O) groups is 1. The average Bonchev–Trinajstić information content (AvgIpc) is 3.07. The quantitative estimate of drug-likeness (QED) is 0.235. The third kappa shape index (κ3) is 3.88. The van der Waals surface area contributed by atoms with Crippen LogP contribution in [-0.4, -0.2) is 30.6 Å². The predicted octanol–water partition coefficient (Wildman–Crippen LogP) is 5.06. The van der Waals surface area contributed by atoms with Crippen molar-refractivity contribution in [2.75, 3.05) is 5.75 Å². The smallest absolute Gasteiger partial charge is 0.267 e. The molecule has 0 aliphatic rings. The highest BCUT2D eigenvalue weighted by atomic mass is 32.2. The maximum Gasteiger partial charge on any atom is 0.267 e. The van der Waals surface area contributed by atoms with Crippen LogP contribution in [0.1, 0.15) is 47.2 Å². The number of hydrogen-bond acceptors (Lipinski definition) is 5. The molecular weight excluding hydrogens is 420 g/mol. The van der Waals surface area contributed by atoms with E-state index in [0.717, 1.165) is 17.0 Å². The van der Waals surface area contributed by atoms with Crippen LogP contribution in [0.4, 0.5) is 0 Å². The first kappa shape index (κ1) is 22.0. The van der Waals surface area contributed by atoms with Crippen molar-refractivity contribution in [1.29, 1.82) is 0 Å². The van der Waals surface area contributed by atoms with Crippen LogP contribution >= 0.6 is 11.8 Å². The highest BCUT2D eigenvalue weighted by Gasteiger charge is 2.20. The Balaban J connectivity index is 1.76. The summed E-state index contributed by atoms with van der Waals surface area (Å²) in [5.74, 6) is 0.726. The minimum Gasteiger partial charge on any atom is -0.346 e. The number of fused-ring (bicyclic) bond motifs is 1. The summed E-state index contributed by atoms with van der Waals surface area (Å²) in [4.78, 5) is 35.7. The fraction of sp³-hybridized carbons (Fsp3) is 0.280. The first-order valence-corrected chi connectivity index (χ1v) is 11.6. The first-order valence-electron chi connectivity index (χ1n) is 10.6. The Morgan fingerprint density at radius 3 is 2.53 bits per heavy atom. The Bertz CT molecular complexity index is 1380. The van der Waals surface area contributed by atoms with Crippen LogP contribution in [-0.2, 0) is 0 Å². The topological polar surface area (TPSA) is 69.8 Å². The number of hydrogen-bond donors (Lipinski definition) is 0. The van der Waals surface area contributed by atoms with Crippen LogP contribution in [0.3, 0.4) is 0 Å². The molecule has 3 aromatic heterocycles. The molecule has 3 heterocycles. The van der Waals surface area contributed by atoms with Gasteiger partial charge in [0.15, 0.2) is 10.9 Å². The van der Waals surface area contributed by atoms with E-state index in [4.69, 9.17) is 4.98 Å². The number of Topliss-reactive ketones (excluding diaryl/α,β-unsaturated/α-hetero) is 1. The van der Waals surface area contributed by atoms with Crippen molar-refractivity contribution in [2.24, 2.45) is 0 Å². The number of aryl methyl sites for hydroxylation is 2. The van der Waals surface area contributed by atoms with E-state index in [1.54, 1.807) is 12.3 Å². The molecule has 4 aromatic rings. The van der Waals surface area contributed by atoms with Gasteiger partial charge in [-0.1, -0.05) is 30.0 Å². The van der Waals surface area contributed by atoms with E-state index in [2.05, 4.69) is 23.4 Å². The predicted molar refractivity (Wildman–Crippen MR) is 129 cm³/mol. The minimum absolute atomic E-state index is 0.0155. The number of nitrogens with zero attached hydrogens (tertiary/aromatic N) is 4. The molecule has 164 valence electrons. The average molecular weight is 447 g/mol. The van der Waals surface area contributed by atoms with Gasteiger partial charge in [-0.2, -0.15) is 0 Å². The van der Waals surface area contributed by atoms with Crippen LogP contribution in [0.2, 0.25) is 0 Å². The second-order valence-electron chi connectivity index (χ2n) is 8.16. The zero-order valence-electron chi connectivity index (χ0n) is 18.9. The van der Waals surface area contributed by atoms with Crippen molar-refractivity contribution >= 4 is 28.4 Å². The van der Waals surface area contributed by atoms with E-state index in [1.165, 1.54) is 16.3 Å². The van der Waals surface area contributed by atoms with Gasteiger partial charge in [0.2, 0.25) is 0 Å². The molecule has 0 amide bonds. The standard InChI is InChI=1S/C25H26N4O2S/c1-15(2)28-17(4)13-20(18(28)5)22(30)14-32-25-27-21-11-7-6-10-19(21)24(31)29(25)23-16(3)9-8-12-26-23/h6-13,15H,14H2,1-5H3. The van der Waals surface area contributed by atoms with E-state index < -0.39 is 0 Å². The Morgan fingerprint density at radius 2 is 1.84 bits per heavy atom. The van der Waals surface area contributed by atoms with E-state index in [-0.39, 0.29) is 23.1 Å². The molecule has 1 aromatic carbocycles. The summed E-state index contributed by atoms with van der Waals surface area (Å²) in [5.41, 5.74) is 4.02. The molecular formula is C25H26N4O2S. The van der Waals surface area contributed by atoms with Crippen molar-refractivity contribution in [3.63, 3.8) is 0 Å². The molecule has 7 heteroatoms. The van der Waals surface area contributed by atoms with Gasteiger partial charge in [0.1, 0.15) is 5.82 Å². The van der Waals surface area contributed by atoms with Gasteiger partial charge in [0.25, 0.3) is 5.56 Å². The molecule has 0 fully saturated rings. The second kappa shape index (κ2) is 8.74. The highest BCUT2D eigenvalue weighted by molar-refractivity contribution is 7.99. The zero-order valence-corrected chi connectivity index (χ0v) is 19.7. The molecule has 0 N–H and O–H groups in total. The number of thioether (sulfide) groups is 1. The van der Waals surface area contributed by atoms with Gasteiger partial charge in [-0.25, -0.2) is 14.5 Å². The van der Waals surface area contributed by atoms with Crippen molar-refractivity contribution < 1.29 is 4.79 Å². The molecule has 0 spiro atoms. The number of carbonyl (C=O) groups excluding carboxylic acids is 1. The van der Waals surface area contributed by atoms with Gasteiger partial charge < -0.3 is 4.57 Å². The highest BCUT2D eigenvalue weighted by Crippen LogP contribution is 2.25. The van der Waals surface area contributed by atoms with E-state index in [1.807, 2.05) is 57.2 Å². The summed E-state index contributed by atoms with van der Waals surface area (Å²) in [7, 11) is 0. The Kier molecular flexibility index (Phi) is 6.02. The normalized spacial score (nSPS) is 11.4. The van der Waals surface area contributed by atoms with Crippen molar-refractivity contribution in [3.05, 3.63) is 81.5 Å². The van der Waals surface area contributed by atoms with Crippen molar-refractivity contribution in [1.82, 2.24) is 19.1 Å². The lowest BCUT2D eigenvalue weighted by molar-refractivity contribution is 0.102. The maximum atomic E-state index is 13.4. The van der Waals surface area contributed by atoms with Crippen LogP contribution < -0.4 is 5.56 Å². The zero-order chi connectivity index (χ0) is 23.0. The Labute approximate surface area is 191 Å². The summed E-state index contributed by atoms with van der Waals surface area (Å²) >= 11 is 1.27. The third-order valence-electron chi connectivity index (χ3n) is 5.57. The monoisotopic (exact) mass is 446 g/mol. The van der Waals surface area contributed by atoms with Crippen LogP contribution in [0.25, 0.3) is 16.7 Å². The molecule has 0 aliphatic carbocycles. The fourth-order valence-electron chi connectivity index (χ4n) is 4.17. The van der Waals surface area contributed by atoms with Crippen LogP contribution in [0.15, 0.2) is 58.6 Å². The van der Waals surface area contributed by atoms with Crippen molar-refractivity contribution in [2.45, 2.75) is 45.8 Å². The molecule has 0 unspecified atom stereocenters. The molecule has 0 saturated carbocycles. The Morgan fingerprint density at radius 1 is 1.09 bits per heavy atom. The number of pyridine rings is 1. The minimum atomic E-state index is -0.190. The van der Waals surface area contributed by atoms with E-state index in [9.17, 15) is 9.59 Å². The number of benzene rings is 1. The van der Waals surface area contributed by atoms with Crippen LogP contribution in [0.5, 0.6) is 0 Å². The number of ketones is 1. The van der Waals surface area contributed by atoms with E-state index in [0.29, 0.717) is 27.4 Å². The summed E-state index contributed by atoms with van der Waals surface area (Å²) in [6, 6.07) is 13.2. The number of rotatable bonds is 6. The largest absolute Gasteiger partial charge is 0.346 e. The van der Waals surface area contributed by atoms with Crippen LogP contribution in [0, 0.1) is 20.8 Å². The third-order valence-corrected chi connectivity index (χ3v) is 6.51. The molecule has 4 rings (SSSR count). The van der Waals surface area contributed by atoms with Gasteiger partial charge in [-0.3, -0.25) is 9.59 Å². The van der Waals surface area contributed by atoms with Gasteiger partial charge >= 0.3 is 0 Å². The lowest BCUT2D eigenvalue weighted by atomic mass is 10.2. The lowest BCUT2D eigenvalue weighted by Gasteiger charge is -2.14. The Hall–Kier alpha value is -3.19. The first-order chi connectivity index (χ1) is 15.3. The molecule has 32 heavy (non-hydrogen) atoms. The van der Waals surface area contributed by atoms with Crippen molar-refractivity contribution in [3.8, 4) is 5.82 Å². The molecule has 0 bridgehead atoms. The van der Waals surface area contributed by atoms with Gasteiger partial charge in [0.05, 0.1) is 16.7 Å². The molecule has 0 atom stereocenters. The SMILES string of the molecule is Cc1cccnc1-n1c(SCC(=O)c2cc(C)n(C(C)C)c2C)nc2ccccc2c1=O. The number of aromatic nitrogens is 4. The maximum absolute atomic E-state index is 13.4. The summed E-state index contributed by atoms with van der Waals surface area (Å²) in [6.45, 7) is 10.1. The molecule has 6 nitrogen and oxygen atoms in total. The lowest BCUT2D eigenvalue weighted by Crippen LogP contribution is -2.23. The van der Waals surface area contributed by atoms with Gasteiger partial charge in [0, 0.05) is 29.2 Å². The molecule has 0 radical (unpaired) electrons. The molecule has 0 saturated heterocycles. The van der Waals surface area contributed by atoms with E-state index >= 15 is 0 Å². The number of para-hydroxylation sites is 1. The summed E-state index contributed by atoms with van der Waals surface area (Å²) < 4.78 is 3.69. The van der Waals surface area contributed by atoms with Gasteiger partial charge in [-0.15, -0.1) is 0 Å². The van der Waals surface area contributed by atoms with Gasteiger partial charge in [-0.05, 0) is 64.4 Å². The second-order valence-corrected chi connectivity index (χ2v) is 9.10. The summed E-state index contributed by atoms with van der Waals surface area (Å²) in [5, 5.41) is 0.982. The summed E-state index contributed by atoms with van der Waals surface area (Å²) in [6.07, 6.45) is 1.66. The molecule has 0 aliphatic heterocycles. The fourth-order valence-corrected chi connectivity index (χ4v) is 5.05.